The lowest BCUT2D eigenvalue weighted by molar-refractivity contribution is 0.102. The first-order valence-corrected chi connectivity index (χ1v) is 12.3. The second kappa shape index (κ2) is 8.30. The monoisotopic (exact) mass is 437 g/mol. The van der Waals surface area contributed by atoms with E-state index in [-0.39, 0.29) is 29.1 Å². The Hall–Kier alpha value is -2.93. The Kier molecular flexibility index (Phi) is 5.71. The van der Waals surface area contributed by atoms with Crippen molar-refractivity contribution in [3.8, 4) is 11.3 Å². The zero-order valence-electron chi connectivity index (χ0n) is 18.0. The second-order valence-corrected chi connectivity index (χ2v) is 10.7. The van der Waals surface area contributed by atoms with Gasteiger partial charge in [0.05, 0.1) is 23.2 Å². The summed E-state index contributed by atoms with van der Waals surface area (Å²) in [4.78, 5) is 12.9. The molecule has 1 atom stereocenters. The number of sulfone groups is 1. The van der Waals surface area contributed by atoms with Gasteiger partial charge in [0.25, 0.3) is 5.91 Å². The summed E-state index contributed by atoms with van der Waals surface area (Å²) >= 11 is 0. The summed E-state index contributed by atoms with van der Waals surface area (Å²) in [6, 6.07) is 17.2. The highest BCUT2D eigenvalue weighted by Gasteiger charge is 2.32. The van der Waals surface area contributed by atoms with E-state index in [0.717, 1.165) is 16.8 Å². The van der Waals surface area contributed by atoms with Gasteiger partial charge in [0.1, 0.15) is 0 Å². The number of aromatic nitrogens is 2. The lowest BCUT2D eigenvalue weighted by Gasteiger charge is -2.13. The van der Waals surface area contributed by atoms with Gasteiger partial charge in [-0.15, -0.1) is 0 Å². The number of carbonyl (C=O) groups excluding carboxylic acids is 1. The molecular formula is C24H27N3O3S. The first-order valence-electron chi connectivity index (χ1n) is 10.5. The molecule has 0 radical (unpaired) electrons. The Morgan fingerprint density at radius 3 is 2.35 bits per heavy atom. The molecule has 1 aliphatic rings. The van der Waals surface area contributed by atoms with Crippen LogP contribution in [0.25, 0.3) is 11.3 Å². The maximum atomic E-state index is 12.9. The van der Waals surface area contributed by atoms with Crippen LogP contribution in [-0.4, -0.2) is 35.6 Å². The zero-order chi connectivity index (χ0) is 22.2. The van der Waals surface area contributed by atoms with Crippen LogP contribution in [0.5, 0.6) is 0 Å². The third-order valence-electron chi connectivity index (χ3n) is 5.71. The minimum atomic E-state index is -3.08. The van der Waals surface area contributed by atoms with Gasteiger partial charge >= 0.3 is 0 Å². The summed E-state index contributed by atoms with van der Waals surface area (Å²) in [5.41, 5.74) is 4.95. The number of aryl methyl sites for hydroxylation is 1. The summed E-state index contributed by atoms with van der Waals surface area (Å²) < 4.78 is 25.8. The number of nitrogens with zero attached hydrogens (tertiary/aromatic N) is 2. The van der Waals surface area contributed by atoms with Gasteiger partial charge in [-0.25, -0.2) is 8.42 Å². The third-order valence-corrected chi connectivity index (χ3v) is 7.46. The Labute approximate surface area is 183 Å². The van der Waals surface area contributed by atoms with E-state index in [1.165, 1.54) is 5.56 Å². The largest absolute Gasteiger partial charge is 0.321 e. The first-order chi connectivity index (χ1) is 14.7. The van der Waals surface area contributed by atoms with Crippen molar-refractivity contribution < 1.29 is 13.2 Å². The fourth-order valence-corrected chi connectivity index (χ4v) is 5.53. The first kappa shape index (κ1) is 21.3. The van der Waals surface area contributed by atoms with E-state index in [1.54, 1.807) is 10.7 Å². The molecule has 1 N–H and O–H groups in total. The summed E-state index contributed by atoms with van der Waals surface area (Å²) in [7, 11) is -3.08. The fraction of sp³-hybridized carbons (Fsp3) is 0.333. The number of carbonyl (C=O) groups is 1. The molecule has 2 heterocycles. The molecule has 0 aliphatic carbocycles. The molecule has 1 aromatic heterocycles. The van der Waals surface area contributed by atoms with Crippen molar-refractivity contribution in [2.24, 2.45) is 0 Å². The molecule has 0 bridgehead atoms. The zero-order valence-corrected chi connectivity index (χ0v) is 18.8. The molecule has 6 nitrogen and oxygen atoms in total. The highest BCUT2D eigenvalue weighted by atomic mass is 32.2. The van der Waals surface area contributed by atoms with Crippen LogP contribution >= 0.6 is 0 Å². The van der Waals surface area contributed by atoms with Gasteiger partial charge in [-0.05, 0) is 48.6 Å². The van der Waals surface area contributed by atoms with E-state index in [0.29, 0.717) is 18.0 Å². The lowest BCUT2D eigenvalue weighted by atomic mass is 10.0. The number of nitrogens with one attached hydrogen (secondary N) is 1. The highest BCUT2D eigenvalue weighted by molar-refractivity contribution is 7.91. The van der Waals surface area contributed by atoms with Crippen molar-refractivity contribution in [1.82, 2.24) is 9.78 Å². The van der Waals surface area contributed by atoms with Crippen LogP contribution in [0.1, 0.15) is 53.8 Å². The third kappa shape index (κ3) is 4.71. The number of amides is 1. The van der Waals surface area contributed by atoms with E-state index in [2.05, 4.69) is 24.3 Å². The highest BCUT2D eigenvalue weighted by Crippen LogP contribution is 2.30. The van der Waals surface area contributed by atoms with E-state index >= 15 is 0 Å². The maximum absolute atomic E-state index is 12.9. The Bertz CT molecular complexity index is 1190. The summed E-state index contributed by atoms with van der Waals surface area (Å²) in [6.07, 6.45) is 0.501. The average Bonchev–Trinajstić information content (AvgIpc) is 3.32. The molecule has 3 aromatic rings. The van der Waals surface area contributed by atoms with Crippen LogP contribution in [0.3, 0.4) is 0 Å². The van der Waals surface area contributed by atoms with Crippen LogP contribution in [0.15, 0.2) is 54.6 Å². The molecule has 7 heteroatoms. The van der Waals surface area contributed by atoms with Gasteiger partial charge in [-0.3, -0.25) is 9.48 Å². The lowest BCUT2D eigenvalue weighted by Crippen LogP contribution is -2.16. The Morgan fingerprint density at radius 2 is 1.77 bits per heavy atom. The van der Waals surface area contributed by atoms with Gasteiger partial charge in [-0.1, -0.05) is 55.8 Å². The van der Waals surface area contributed by atoms with Crippen molar-refractivity contribution in [2.75, 3.05) is 16.8 Å². The molecular weight excluding hydrogens is 410 g/mol. The van der Waals surface area contributed by atoms with Crippen molar-refractivity contribution in [3.05, 3.63) is 71.4 Å². The predicted molar refractivity (Wildman–Crippen MR) is 123 cm³/mol. The molecule has 1 fully saturated rings. The normalized spacial score (nSPS) is 17.7. The topological polar surface area (TPSA) is 81.1 Å². The molecule has 31 heavy (non-hydrogen) atoms. The molecule has 2 aromatic carbocycles. The molecule has 0 saturated carbocycles. The van der Waals surface area contributed by atoms with Gasteiger partial charge in [0, 0.05) is 5.69 Å². The Balaban J connectivity index is 1.65. The molecule has 0 spiro atoms. The molecule has 1 aliphatic heterocycles. The van der Waals surface area contributed by atoms with Gasteiger partial charge in [-0.2, -0.15) is 5.10 Å². The van der Waals surface area contributed by atoms with Gasteiger partial charge in [0.2, 0.25) is 0 Å². The van der Waals surface area contributed by atoms with Crippen LogP contribution in [0.2, 0.25) is 0 Å². The van der Waals surface area contributed by atoms with Crippen LogP contribution in [-0.2, 0) is 9.84 Å². The molecule has 162 valence electrons. The Morgan fingerprint density at radius 1 is 1.10 bits per heavy atom. The van der Waals surface area contributed by atoms with E-state index in [1.807, 2.05) is 55.5 Å². The number of rotatable bonds is 5. The fourth-order valence-electron chi connectivity index (χ4n) is 3.84. The number of anilines is 1. The van der Waals surface area contributed by atoms with E-state index < -0.39 is 9.84 Å². The summed E-state index contributed by atoms with van der Waals surface area (Å²) in [5.74, 6) is 0.297. The summed E-state index contributed by atoms with van der Waals surface area (Å²) in [5, 5.41) is 7.44. The van der Waals surface area contributed by atoms with Crippen LogP contribution in [0.4, 0.5) is 5.69 Å². The quantitative estimate of drug-likeness (QED) is 0.633. The van der Waals surface area contributed by atoms with Crippen LogP contribution < -0.4 is 5.32 Å². The van der Waals surface area contributed by atoms with Crippen molar-refractivity contribution in [3.63, 3.8) is 0 Å². The standard InChI is InChI=1S/C24H27N3O3S/c1-16(2)18-8-10-20(11-9-18)25-24(28)22-14-23(19-6-4-17(3)5-7-19)27(26-22)21-12-13-31(29,30)15-21/h4-11,14,16,21H,12-13,15H2,1-3H3,(H,25,28). The van der Waals surface area contributed by atoms with Crippen molar-refractivity contribution in [1.29, 1.82) is 0 Å². The van der Waals surface area contributed by atoms with Gasteiger partial charge < -0.3 is 5.32 Å². The minimum Gasteiger partial charge on any atom is -0.321 e. The molecule has 1 saturated heterocycles. The SMILES string of the molecule is Cc1ccc(-c2cc(C(=O)Nc3ccc(C(C)C)cc3)nn2C2CCS(=O)(=O)C2)cc1. The molecule has 4 rings (SSSR count). The van der Waals surface area contributed by atoms with E-state index in [9.17, 15) is 13.2 Å². The smallest absolute Gasteiger partial charge is 0.276 e. The van der Waals surface area contributed by atoms with Crippen molar-refractivity contribution >= 4 is 21.4 Å². The molecule has 1 unspecified atom stereocenters. The summed E-state index contributed by atoms with van der Waals surface area (Å²) in [6.45, 7) is 6.25. The maximum Gasteiger partial charge on any atom is 0.276 e. The number of hydrogen-bond donors (Lipinski definition) is 1. The molecule has 1 amide bonds. The van der Waals surface area contributed by atoms with Gasteiger partial charge in [0.15, 0.2) is 15.5 Å². The van der Waals surface area contributed by atoms with E-state index in [4.69, 9.17) is 0 Å². The minimum absolute atomic E-state index is 0.0469. The second-order valence-electron chi connectivity index (χ2n) is 8.51. The average molecular weight is 438 g/mol. The van der Waals surface area contributed by atoms with Crippen molar-refractivity contribution in [2.45, 2.75) is 39.2 Å². The van der Waals surface area contributed by atoms with Crippen LogP contribution in [0, 0.1) is 6.92 Å². The predicted octanol–water partition coefficient (Wildman–Crippen LogP) is 4.59. The number of benzene rings is 2. The number of hydrogen-bond acceptors (Lipinski definition) is 4.